The molecule has 3 rings (SSSR count). The van der Waals surface area contributed by atoms with Crippen molar-refractivity contribution in [3.05, 3.63) is 64.5 Å². The highest BCUT2D eigenvalue weighted by Gasteiger charge is 2.15. The summed E-state index contributed by atoms with van der Waals surface area (Å²) in [6, 6.07) is 9.86. The Balaban J connectivity index is 1.71. The van der Waals surface area contributed by atoms with Gasteiger partial charge in [0.25, 0.3) is 5.91 Å². The molecular formula is C16H15BrN4O. The van der Waals surface area contributed by atoms with Crippen LogP contribution in [0.3, 0.4) is 0 Å². The Bertz CT molecular complexity index is 815. The van der Waals surface area contributed by atoms with Gasteiger partial charge in [0.15, 0.2) is 5.65 Å². The van der Waals surface area contributed by atoms with Crippen molar-refractivity contribution in [2.24, 2.45) is 0 Å². The van der Waals surface area contributed by atoms with Crippen molar-refractivity contribution in [3.63, 3.8) is 0 Å². The van der Waals surface area contributed by atoms with Gasteiger partial charge in [-0.2, -0.15) is 5.10 Å². The molecule has 0 saturated heterocycles. The Labute approximate surface area is 136 Å². The predicted molar refractivity (Wildman–Crippen MR) is 87.8 cm³/mol. The van der Waals surface area contributed by atoms with Gasteiger partial charge in [0.05, 0.1) is 6.20 Å². The molecule has 112 valence electrons. The normalized spacial score (nSPS) is 12.3. The molecule has 0 unspecified atom stereocenters. The first-order valence-electron chi connectivity index (χ1n) is 6.97. The van der Waals surface area contributed by atoms with Gasteiger partial charge in [0.1, 0.15) is 5.56 Å². The molecule has 0 saturated carbocycles. The smallest absolute Gasteiger partial charge is 0.256 e. The number of nitrogens with zero attached hydrogens (tertiary/aromatic N) is 3. The highest BCUT2D eigenvalue weighted by atomic mass is 79.9. The van der Waals surface area contributed by atoms with Crippen molar-refractivity contribution < 1.29 is 4.79 Å². The van der Waals surface area contributed by atoms with Crippen LogP contribution in [-0.4, -0.2) is 26.5 Å². The summed E-state index contributed by atoms with van der Waals surface area (Å²) in [6.45, 7) is 1.98. The van der Waals surface area contributed by atoms with Gasteiger partial charge in [-0.25, -0.2) is 9.50 Å². The van der Waals surface area contributed by atoms with Gasteiger partial charge >= 0.3 is 0 Å². The molecule has 0 aliphatic rings. The number of rotatable bonds is 4. The minimum atomic E-state index is -0.156. The molecule has 3 aromatic rings. The number of amides is 1. The van der Waals surface area contributed by atoms with Crippen molar-refractivity contribution in [3.8, 4) is 0 Å². The molecule has 0 bridgehead atoms. The molecule has 6 heteroatoms. The molecule has 0 aliphatic heterocycles. The van der Waals surface area contributed by atoms with Crippen molar-refractivity contribution >= 4 is 27.5 Å². The standard InChI is InChI=1S/C16H15BrN4O/c1-11(8-12-4-2-5-13(17)9-12)20-16(22)14-10-19-21-7-3-6-18-15(14)21/h2-7,9-11H,8H2,1H3,(H,20,22)/t11-/m0/s1. The Morgan fingerprint density at radius 1 is 1.41 bits per heavy atom. The van der Waals surface area contributed by atoms with E-state index >= 15 is 0 Å². The largest absolute Gasteiger partial charge is 0.349 e. The van der Waals surface area contributed by atoms with E-state index in [-0.39, 0.29) is 11.9 Å². The quantitative estimate of drug-likeness (QED) is 0.779. The summed E-state index contributed by atoms with van der Waals surface area (Å²) in [7, 11) is 0. The first kappa shape index (κ1) is 14.7. The molecule has 0 fully saturated rings. The SMILES string of the molecule is C[C@@H](Cc1cccc(Br)c1)NC(=O)c1cnn2cccnc12. The number of fused-ring (bicyclic) bond motifs is 1. The minimum absolute atomic E-state index is 0.0143. The lowest BCUT2D eigenvalue weighted by Gasteiger charge is -2.13. The Hall–Kier alpha value is -2.21. The first-order valence-corrected chi connectivity index (χ1v) is 7.76. The van der Waals surface area contributed by atoms with E-state index in [9.17, 15) is 4.79 Å². The third kappa shape index (κ3) is 3.17. The van der Waals surface area contributed by atoms with Gasteiger partial charge < -0.3 is 5.32 Å². The first-order chi connectivity index (χ1) is 10.6. The Morgan fingerprint density at radius 2 is 2.27 bits per heavy atom. The van der Waals surface area contributed by atoms with Crippen molar-refractivity contribution in [2.75, 3.05) is 0 Å². The number of halogens is 1. The van der Waals surface area contributed by atoms with Crippen LogP contribution in [0.1, 0.15) is 22.8 Å². The van der Waals surface area contributed by atoms with Gasteiger partial charge in [-0.05, 0) is 37.1 Å². The molecule has 0 aliphatic carbocycles. The number of carbonyl (C=O) groups is 1. The topological polar surface area (TPSA) is 59.3 Å². The second-order valence-corrected chi connectivity index (χ2v) is 6.07. The molecule has 2 heterocycles. The maximum atomic E-state index is 12.4. The second kappa shape index (κ2) is 6.27. The number of aromatic nitrogens is 3. The fourth-order valence-corrected chi connectivity index (χ4v) is 2.80. The molecule has 1 atom stereocenters. The summed E-state index contributed by atoms with van der Waals surface area (Å²) in [5.74, 6) is -0.156. The molecule has 2 aromatic heterocycles. The molecule has 1 aromatic carbocycles. The third-order valence-electron chi connectivity index (χ3n) is 3.33. The Morgan fingerprint density at radius 3 is 3.09 bits per heavy atom. The third-order valence-corrected chi connectivity index (χ3v) is 3.83. The molecule has 1 amide bonds. The van der Waals surface area contributed by atoms with E-state index in [1.54, 1.807) is 29.2 Å². The fraction of sp³-hybridized carbons (Fsp3) is 0.188. The maximum absolute atomic E-state index is 12.4. The summed E-state index contributed by atoms with van der Waals surface area (Å²) < 4.78 is 2.63. The highest BCUT2D eigenvalue weighted by Crippen LogP contribution is 2.13. The van der Waals surface area contributed by atoms with E-state index in [4.69, 9.17) is 0 Å². The van der Waals surface area contributed by atoms with Crippen LogP contribution in [0.25, 0.3) is 5.65 Å². The van der Waals surface area contributed by atoms with Gasteiger partial charge in [0, 0.05) is 22.9 Å². The summed E-state index contributed by atoms with van der Waals surface area (Å²) in [4.78, 5) is 16.6. The second-order valence-electron chi connectivity index (χ2n) is 5.15. The van der Waals surface area contributed by atoms with Gasteiger partial charge in [-0.3, -0.25) is 4.79 Å². The van der Waals surface area contributed by atoms with Crippen LogP contribution in [0.5, 0.6) is 0 Å². The summed E-state index contributed by atoms with van der Waals surface area (Å²) in [6.07, 6.45) is 5.73. The molecule has 0 spiro atoms. The van der Waals surface area contributed by atoms with Gasteiger partial charge in [-0.1, -0.05) is 28.1 Å². The van der Waals surface area contributed by atoms with Crippen LogP contribution in [-0.2, 0) is 6.42 Å². The average Bonchev–Trinajstić information content (AvgIpc) is 2.91. The minimum Gasteiger partial charge on any atom is -0.349 e. The molecular weight excluding hydrogens is 344 g/mol. The lowest BCUT2D eigenvalue weighted by molar-refractivity contribution is 0.0941. The van der Waals surface area contributed by atoms with Crippen molar-refractivity contribution in [1.82, 2.24) is 19.9 Å². The van der Waals surface area contributed by atoms with Crippen molar-refractivity contribution in [1.29, 1.82) is 0 Å². The van der Waals surface area contributed by atoms with E-state index in [0.29, 0.717) is 11.2 Å². The van der Waals surface area contributed by atoms with Crippen LogP contribution < -0.4 is 5.32 Å². The van der Waals surface area contributed by atoms with Crippen LogP contribution in [0, 0.1) is 0 Å². The number of benzene rings is 1. The van der Waals surface area contributed by atoms with Crippen LogP contribution in [0.15, 0.2) is 53.4 Å². The molecule has 5 nitrogen and oxygen atoms in total. The Kier molecular flexibility index (Phi) is 4.20. The highest BCUT2D eigenvalue weighted by molar-refractivity contribution is 9.10. The van der Waals surface area contributed by atoms with Gasteiger partial charge in [-0.15, -0.1) is 0 Å². The van der Waals surface area contributed by atoms with Crippen molar-refractivity contribution in [2.45, 2.75) is 19.4 Å². The molecule has 0 radical (unpaired) electrons. The fourth-order valence-electron chi connectivity index (χ4n) is 2.36. The average molecular weight is 359 g/mol. The van der Waals surface area contributed by atoms with Crippen LogP contribution in [0.4, 0.5) is 0 Å². The summed E-state index contributed by atoms with van der Waals surface area (Å²) in [5, 5.41) is 7.12. The zero-order valence-electron chi connectivity index (χ0n) is 12.0. The number of hydrogen-bond donors (Lipinski definition) is 1. The van der Waals surface area contributed by atoms with Crippen LogP contribution in [0.2, 0.25) is 0 Å². The maximum Gasteiger partial charge on any atom is 0.256 e. The van der Waals surface area contributed by atoms with E-state index in [2.05, 4.69) is 37.4 Å². The van der Waals surface area contributed by atoms with E-state index in [1.807, 2.05) is 25.1 Å². The number of nitrogens with one attached hydrogen (secondary N) is 1. The summed E-state index contributed by atoms with van der Waals surface area (Å²) >= 11 is 3.45. The van der Waals surface area contributed by atoms with E-state index < -0.39 is 0 Å². The lowest BCUT2D eigenvalue weighted by Crippen LogP contribution is -2.34. The lowest BCUT2D eigenvalue weighted by atomic mass is 10.1. The number of carbonyl (C=O) groups excluding carboxylic acids is 1. The predicted octanol–water partition coefficient (Wildman–Crippen LogP) is 2.85. The van der Waals surface area contributed by atoms with E-state index in [0.717, 1.165) is 10.9 Å². The molecule has 22 heavy (non-hydrogen) atoms. The van der Waals surface area contributed by atoms with E-state index in [1.165, 1.54) is 5.56 Å². The molecule has 1 N–H and O–H groups in total. The zero-order valence-corrected chi connectivity index (χ0v) is 13.6. The summed E-state index contributed by atoms with van der Waals surface area (Å²) in [5.41, 5.74) is 2.22. The zero-order chi connectivity index (χ0) is 15.5. The van der Waals surface area contributed by atoms with Crippen LogP contribution >= 0.6 is 15.9 Å². The van der Waals surface area contributed by atoms with Gasteiger partial charge in [0.2, 0.25) is 0 Å². The monoisotopic (exact) mass is 358 g/mol. The number of hydrogen-bond acceptors (Lipinski definition) is 3.